The number of ether oxygens (including phenoxy) is 1. The highest BCUT2D eigenvalue weighted by molar-refractivity contribution is 5.91. The molecular weight excluding hydrogens is 371 g/mol. The van der Waals surface area contributed by atoms with Gasteiger partial charge < -0.3 is 15.4 Å². The van der Waals surface area contributed by atoms with Gasteiger partial charge in [0.15, 0.2) is 0 Å². The number of halogens is 1. The van der Waals surface area contributed by atoms with Gasteiger partial charge in [0.05, 0.1) is 17.3 Å². The van der Waals surface area contributed by atoms with Gasteiger partial charge in [-0.25, -0.2) is 9.18 Å². The van der Waals surface area contributed by atoms with Gasteiger partial charge in [-0.3, -0.25) is 4.98 Å². The van der Waals surface area contributed by atoms with E-state index >= 15 is 0 Å². The molecule has 7 heteroatoms. The molecule has 0 spiro atoms. The molecule has 2 N–H and O–H groups in total. The number of amides is 2. The summed E-state index contributed by atoms with van der Waals surface area (Å²) in [6.45, 7) is 2.25. The van der Waals surface area contributed by atoms with E-state index in [0.717, 1.165) is 17.2 Å². The largest absolute Gasteiger partial charge is 0.489 e. The average Bonchev–Trinajstić information content (AvgIpc) is 2.74. The molecule has 0 aliphatic carbocycles. The lowest BCUT2D eigenvalue weighted by atomic mass is 10.1. The van der Waals surface area contributed by atoms with Crippen molar-refractivity contribution in [3.8, 4) is 11.8 Å². The van der Waals surface area contributed by atoms with E-state index in [0.29, 0.717) is 12.4 Å². The summed E-state index contributed by atoms with van der Waals surface area (Å²) < 4.78 is 18.9. The molecule has 146 valence electrons. The minimum Gasteiger partial charge on any atom is -0.489 e. The first-order valence-electron chi connectivity index (χ1n) is 8.94. The molecular formula is C22H19FN4O2. The Kier molecular flexibility index (Phi) is 6.38. The maximum absolute atomic E-state index is 13.2. The normalized spacial score (nSPS) is 11.2. The van der Waals surface area contributed by atoms with Gasteiger partial charge in [-0.2, -0.15) is 5.26 Å². The van der Waals surface area contributed by atoms with Crippen molar-refractivity contribution in [3.63, 3.8) is 0 Å². The number of hydrogen-bond acceptors (Lipinski definition) is 4. The third-order valence-corrected chi connectivity index (χ3v) is 4.21. The summed E-state index contributed by atoms with van der Waals surface area (Å²) in [6.07, 6.45) is 3.46. The monoisotopic (exact) mass is 390 g/mol. The van der Waals surface area contributed by atoms with Crippen molar-refractivity contribution >= 4 is 11.7 Å². The van der Waals surface area contributed by atoms with Gasteiger partial charge in [-0.05, 0) is 48.9 Å². The van der Waals surface area contributed by atoms with E-state index in [2.05, 4.69) is 15.6 Å². The quantitative estimate of drug-likeness (QED) is 0.646. The lowest BCUT2D eigenvalue weighted by molar-refractivity contribution is 0.249. The molecule has 0 aliphatic rings. The molecule has 1 atom stereocenters. The maximum atomic E-state index is 13.2. The van der Waals surface area contributed by atoms with E-state index in [1.54, 1.807) is 12.4 Å². The number of pyridine rings is 1. The molecule has 0 fully saturated rings. The molecule has 0 aliphatic heterocycles. The van der Waals surface area contributed by atoms with E-state index in [1.165, 1.54) is 12.1 Å². The van der Waals surface area contributed by atoms with Crippen LogP contribution in [-0.2, 0) is 6.61 Å². The van der Waals surface area contributed by atoms with E-state index in [-0.39, 0.29) is 17.3 Å². The molecule has 3 aromatic rings. The van der Waals surface area contributed by atoms with Crippen LogP contribution in [0.1, 0.15) is 29.7 Å². The fourth-order valence-corrected chi connectivity index (χ4v) is 2.66. The fraction of sp³-hybridized carbons (Fsp3) is 0.136. The van der Waals surface area contributed by atoms with Crippen LogP contribution in [0.4, 0.5) is 14.9 Å². The number of carbonyl (C=O) groups is 1. The third-order valence-electron chi connectivity index (χ3n) is 4.21. The van der Waals surface area contributed by atoms with E-state index in [9.17, 15) is 9.18 Å². The van der Waals surface area contributed by atoms with Crippen LogP contribution in [0.2, 0.25) is 0 Å². The van der Waals surface area contributed by atoms with Crippen LogP contribution in [0, 0.1) is 17.1 Å². The summed E-state index contributed by atoms with van der Waals surface area (Å²) >= 11 is 0. The molecule has 0 bridgehead atoms. The summed E-state index contributed by atoms with van der Waals surface area (Å²) in [5.41, 5.74) is 2.16. The van der Waals surface area contributed by atoms with Gasteiger partial charge in [0.2, 0.25) is 0 Å². The Morgan fingerprint density at radius 3 is 2.72 bits per heavy atom. The van der Waals surface area contributed by atoms with Crippen molar-refractivity contribution < 1.29 is 13.9 Å². The molecule has 6 nitrogen and oxygen atoms in total. The van der Waals surface area contributed by atoms with E-state index in [4.69, 9.17) is 10.00 Å². The van der Waals surface area contributed by atoms with Crippen molar-refractivity contribution in [2.75, 3.05) is 5.32 Å². The lowest BCUT2D eigenvalue weighted by Gasteiger charge is -2.16. The number of rotatable bonds is 6. The number of hydrogen-bond donors (Lipinski definition) is 2. The lowest BCUT2D eigenvalue weighted by Crippen LogP contribution is -2.31. The first-order chi connectivity index (χ1) is 14.0. The Hall–Kier alpha value is -3.92. The average molecular weight is 390 g/mol. The van der Waals surface area contributed by atoms with Crippen molar-refractivity contribution in [2.45, 2.75) is 19.6 Å². The predicted octanol–water partition coefficient (Wildman–Crippen LogP) is 4.55. The summed E-state index contributed by atoms with van der Waals surface area (Å²) in [6, 6.07) is 15.9. The first-order valence-corrected chi connectivity index (χ1v) is 8.94. The van der Waals surface area contributed by atoms with Crippen LogP contribution >= 0.6 is 0 Å². The minimum absolute atomic E-state index is 0.0583. The molecule has 1 unspecified atom stereocenters. The van der Waals surface area contributed by atoms with Crippen molar-refractivity contribution in [1.29, 1.82) is 5.26 Å². The van der Waals surface area contributed by atoms with Crippen molar-refractivity contribution in [2.24, 2.45) is 0 Å². The van der Waals surface area contributed by atoms with Gasteiger partial charge in [-0.15, -0.1) is 0 Å². The van der Waals surface area contributed by atoms with Crippen LogP contribution in [0.5, 0.6) is 5.75 Å². The number of benzene rings is 2. The topological polar surface area (TPSA) is 87.0 Å². The number of nitriles is 1. The zero-order chi connectivity index (χ0) is 20.6. The summed E-state index contributed by atoms with van der Waals surface area (Å²) in [5.74, 6) is 0.172. The van der Waals surface area contributed by atoms with E-state index in [1.807, 2.05) is 49.4 Å². The number of aromatic nitrogens is 1. The van der Waals surface area contributed by atoms with Gasteiger partial charge >= 0.3 is 6.03 Å². The van der Waals surface area contributed by atoms with Crippen LogP contribution in [0.25, 0.3) is 0 Å². The molecule has 0 radical (unpaired) electrons. The Bertz CT molecular complexity index is 1020. The number of anilines is 1. The molecule has 2 aromatic carbocycles. The first kappa shape index (κ1) is 19.8. The summed E-state index contributed by atoms with van der Waals surface area (Å²) in [4.78, 5) is 16.3. The van der Waals surface area contributed by atoms with Crippen LogP contribution in [0.15, 0.2) is 67.0 Å². The Labute approximate surface area is 168 Å². The second-order valence-electron chi connectivity index (χ2n) is 6.34. The van der Waals surface area contributed by atoms with Crippen LogP contribution < -0.4 is 15.4 Å². The number of nitrogens with one attached hydrogen (secondary N) is 2. The number of urea groups is 1. The number of carbonyl (C=O) groups excluding carboxylic acids is 1. The van der Waals surface area contributed by atoms with Gasteiger partial charge in [0.1, 0.15) is 24.2 Å². The summed E-state index contributed by atoms with van der Waals surface area (Å²) in [5, 5.41) is 14.4. The predicted molar refractivity (Wildman–Crippen MR) is 107 cm³/mol. The highest BCUT2D eigenvalue weighted by Gasteiger charge is 2.12. The van der Waals surface area contributed by atoms with Gasteiger partial charge in [0, 0.05) is 18.0 Å². The second-order valence-corrected chi connectivity index (χ2v) is 6.34. The summed E-state index contributed by atoms with van der Waals surface area (Å²) in [7, 11) is 0. The fourth-order valence-electron chi connectivity index (χ4n) is 2.66. The zero-order valence-electron chi connectivity index (χ0n) is 15.7. The molecule has 1 heterocycles. The Morgan fingerprint density at radius 2 is 2.03 bits per heavy atom. The maximum Gasteiger partial charge on any atom is 0.319 e. The second kappa shape index (κ2) is 9.33. The highest BCUT2D eigenvalue weighted by atomic mass is 19.1. The molecule has 1 aromatic heterocycles. The standard InChI is InChI=1S/C22H19FN4O2/c1-15(26-22(28)27-21-9-6-19(23)11-18(21)12-24)17-4-7-20(8-5-17)29-14-16-3-2-10-25-13-16/h2-11,13,15H,14H2,1H3,(H2,26,27,28). The third kappa shape index (κ3) is 5.53. The van der Waals surface area contributed by atoms with Gasteiger partial charge in [-0.1, -0.05) is 18.2 Å². The molecule has 29 heavy (non-hydrogen) atoms. The zero-order valence-corrected chi connectivity index (χ0v) is 15.7. The van der Waals surface area contributed by atoms with Crippen LogP contribution in [-0.4, -0.2) is 11.0 Å². The molecule has 3 rings (SSSR count). The number of nitrogens with zero attached hydrogens (tertiary/aromatic N) is 2. The smallest absolute Gasteiger partial charge is 0.319 e. The molecule has 0 saturated carbocycles. The minimum atomic E-state index is -0.535. The van der Waals surface area contributed by atoms with Crippen LogP contribution in [0.3, 0.4) is 0 Å². The Morgan fingerprint density at radius 1 is 1.24 bits per heavy atom. The van der Waals surface area contributed by atoms with Crippen molar-refractivity contribution in [1.82, 2.24) is 10.3 Å². The molecule has 2 amide bonds. The SMILES string of the molecule is CC(NC(=O)Nc1ccc(F)cc1C#N)c1ccc(OCc2cccnc2)cc1. The Balaban J connectivity index is 1.55. The highest BCUT2D eigenvalue weighted by Crippen LogP contribution is 2.20. The van der Waals surface area contributed by atoms with Crippen molar-refractivity contribution in [3.05, 3.63) is 89.5 Å². The van der Waals surface area contributed by atoms with E-state index < -0.39 is 11.8 Å². The molecule has 0 saturated heterocycles. The van der Waals surface area contributed by atoms with Gasteiger partial charge in [0.25, 0.3) is 0 Å².